The molecule has 0 fully saturated rings. The molecule has 124 valence electrons. The molecule has 7 heteroatoms. The number of rotatable bonds is 4. The highest BCUT2D eigenvalue weighted by atomic mass is 32.1. The zero-order chi connectivity index (χ0) is 16.8. The van der Waals surface area contributed by atoms with E-state index in [1.807, 2.05) is 6.92 Å². The molecule has 6 nitrogen and oxygen atoms in total. The lowest BCUT2D eigenvalue weighted by Gasteiger charge is -2.26. The maximum absolute atomic E-state index is 12.4. The van der Waals surface area contributed by atoms with Gasteiger partial charge >= 0.3 is 5.69 Å². The molecule has 0 bridgehead atoms. The normalized spacial score (nSPS) is 16.4. The Bertz CT molecular complexity index is 813. The maximum Gasteiger partial charge on any atom is 0.333 e. The number of nitrogens with one attached hydrogen (secondary N) is 2. The van der Waals surface area contributed by atoms with Gasteiger partial charge in [-0.1, -0.05) is 32.1 Å². The molecule has 0 aromatic carbocycles. The van der Waals surface area contributed by atoms with Gasteiger partial charge in [0.25, 0.3) is 0 Å². The third-order valence-electron chi connectivity index (χ3n) is 4.03. The first-order chi connectivity index (χ1) is 10.8. The average Bonchev–Trinajstić information content (AvgIpc) is 2.96. The number of hydrogen-bond donors (Lipinski definition) is 2. The summed E-state index contributed by atoms with van der Waals surface area (Å²) >= 11 is 1.31. The summed E-state index contributed by atoms with van der Waals surface area (Å²) in [5.41, 5.74) is 1.30. The van der Waals surface area contributed by atoms with Crippen LogP contribution < -0.4 is 11.0 Å². The quantitative estimate of drug-likeness (QED) is 0.901. The predicted octanol–water partition coefficient (Wildman–Crippen LogP) is 2.91. The first-order valence-electron chi connectivity index (χ1n) is 7.91. The molecule has 0 atom stereocenters. The summed E-state index contributed by atoms with van der Waals surface area (Å²) in [7, 11) is 0. The van der Waals surface area contributed by atoms with Gasteiger partial charge in [0.05, 0.1) is 16.3 Å². The van der Waals surface area contributed by atoms with Gasteiger partial charge in [0.15, 0.2) is 10.9 Å². The number of carbonyl (C=O) groups excluding carboxylic acids is 1. The molecule has 3 rings (SSSR count). The molecule has 2 aromatic heterocycles. The molecule has 2 aromatic rings. The Labute approximate surface area is 139 Å². The standard InChI is InChI=1S/C16H22N4O2S/c1-5-6-17-13-9(2)18-14(22)20(13)15-19-10-7-16(3,4)8-11(21)12(10)23-15/h17H,5-8H2,1-4H3,(H,18,22). The summed E-state index contributed by atoms with van der Waals surface area (Å²) in [4.78, 5) is 32.8. The molecular weight excluding hydrogens is 312 g/mol. The van der Waals surface area contributed by atoms with Crippen molar-refractivity contribution in [3.8, 4) is 5.13 Å². The topological polar surface area (TPSA) is 79.8 Å². The first kappa shape index (κ1) is 16.0. The summed E-state index contributed by atoms with van der Waals surface area (Å²) in [6, 6.07) is 0. The van der Waals surface area contributed by atoms with Gasteiger partial charge in [-0.15, -0.1) is 0 Å². The Balaban J connectivity index is 2.08. The smallest absolute Gasteiger partial charge is 0.333 e. The van der Waals surface area contributed by atoms with Crippen molar-refractivity contribution >= 4 is 22.9 Å². The van der Waals surface area contributed by atoms with Crippen LogP contribution in [0.25, 0.3) is 5.13 Å². The van der Waals surface area contributed by atoms with E-state index in [-0.39, 0.29) is 16.9 Å². The highest BCUT2D eigenvalue weighted by Gasteiger charge is 2.34. The predicted molar refractivity (Wildman–Crippen MR) is 92.0 cm³/mol. The van der Waals surface area contributed by atoms with Crippen LogP contribution in [0.5, 0.6) is 0 Å². The van der Waals surface area contributed by atoms with E-state index in [0.717, 1.165) is 36.6 Å². The van der Waals surface area contributed by atoms with Crippen LogP contribution in [0.4, 0.5) is 5.82 Å². The molecule has 0 amide bonds. The second kappa shape index (κ2) is 5.63. The molecule has 23 heavy (non-hydrogen) atoms. The zero-order valence-corrected chi connectivity index (χ0v) is 14.8. The Morgan fingerprint density at radius 2 is 2.09 bits per heavy atom. The second-order valence-electron chi connectivity index (χ2n) is 6.88. The number of thiazole rings is 1. The fourth-order valence-corrected chi connectivity index (χ4v) is 4.01. The number of ketones is 1. The van der Waals surface area contributed by atoms with Crippen LogP contribution in [0.1, 0.15) is 54.7 Å². The lowest BCUT2D eigenvalue weighted by Crippen LogP contribution is -2.26. The van der Waals surface area contributed by atoms with Crippen molar-refractivity contribution in [1.82, 2.24) is 14.5 Å². The Morgan fingerprint density at radius 3 is 2.78 bits per heavy atom. The SMILES string of the molecule is CCCNc1c(C)[nH]c(=O)n1-c1nc2c(s1)C(=O)CC(C)(C)C2. The summed E-state index contributed by atoms with van der Waals surface area (Å²) in [5.74, 6) is 0.859. The minimum Gasteiger partial charge on any atom is -0.370 e. The number of hydrogen-bond acceptors (Lipinski definition) is 5. The van der Waals surface area contributed by atoms with Crippen LogP contribution in [0.15, 0.2) is 4.79 Å². The van der Waals surface area contributed by atoms with Gasteiger partial charge in [-0.05, 0) is 25.2 Å². The number of fused-ring (bicyclic) bond motifs is 1. The van der Waals surface area contributed by atoms with E-state index in [2.05, 4.69) is 36.1 Å². The number of aromatic amines is 1. The minimum atomic E-state index is -0.223. The third kappa shape index (κ3) is 2.85. The fraction of sp³-hybridized carbons (Fsp3) is 0.562. The molecule has 0 saturated carbocycles. The third-order valence-corrected chi connectivity index (χ3v) is 5.16. The van der Waals surface area contributed by atoms with Crippen LogP contribution in [0, 0.1) is 12.3 Å². The summed E-state index contributed by atoms with van der Waals surface area (Å²) in [5, 5.41) is 3.84. The van der Waals surface area contributed by atoms with Crippen molar-refractivity contribution in [1.29, 1.82) is 0 Å². The van der Waals surface area contributed by atoms with E-state index in [1.54, 1.807) is 4.57 Å². The summed E-state index contributed by atoms with van der Waals surface area (Å²) < 4.78 is 1.55. The lowest BCUT2D eigenvalue weighted by molar-refractivity contribution is 0.0916. The Hall–Kier alpha value is -1.89. The molecule has 0 aliphatic heterocycles. The van der Waals surface area contributed by atoms with E-state index >= 15 is 0 Å². The molecule has 1 aliphatic rings. The number of nitrogens with zero attached hydrogens (tertiary/aromatic N) is 2. The zero-order valence-electron chi connectivity index (χ0n) is 13.9. The largest absolute Gasteiger partial charge is 0.370 e. The van der Waals surface area contributed by atoms with E-state index in [9.17, 15) is 9.59 Å². The molecular formula is C16H22N4O2S. The van der Waals surface area contributed by atoms with E-state index in [1.165, 1.54) is 11.3 Å². The first-order valence-corrected chi connectivity index (χ1v) is 8.73. The number of carbonyl (C=O) groups is 1. The van der Waals surface area contributed by atoms with Crippen molar-refractivity contribution in [2.75, 3.05) is 11.9 Å². The maximum atomic E-state index is 12.4. The number of Topliss-reactive ketones (excluding diaryl/α,β-unsaturated/α-hetero) is 1. The van der Waals surface area contributed by atoms with Crippen LogP contribution >= 0.6 is 11.3 Å². The van der Waals surface area contributed by atoms with E-state index in [4.69, 9.17) is 0 Å². The van der Waals surface area contributed by atoms with Gasteiger partial charge in [-0.3, -0.25) is 4.79 Å². The van der Waals surface area contributed by atoms with Crippen molar-refractivity contribution in [3.63, 3.8) is 0 Å². The summed E-state index contributed by atoms with van der Waals surface area (Å²) in [6.45, 7) is 8.86. The van der Waals surface area contributed by atoms with E-state index < -0.39 is 0 Å². The van der Waals surface area contributed by atoms with Gasteiger partial charge in [-0.2, -0.15) is 0 Å². The highest BCUT2D eigenvalue weighted by molar-refractivity contribution is 7.16. The van der Waals surface area contributed by atoms with Crippen LogP contribution in [0.3, 0.4) is 0 Å². The van der Waals surface area contributed by atoms with Crippen molar-refractivity contribution in [2.45, 2.75) is 47.0 Å². The van der Waals surface area contributed by atoms with Gasteiger partial charge in [0.2, 0.25) is 0 Å². The van der Waals surface area contributed by atoms with Crippen LogP contribution in [-0.4, -0.2) is 26.9 Å². The number of aromatic nitrogens is 3. The fourth-order valence-electron chi connectivity index (χ4n) is 2.99. The average molecular weight is 334 g/mol. The second-order valence-corrected chi connectivity index (χ2v) is 7.86. The lowest BCUT2D eigenvalue weighted by atomic mass is 9.78. The molecule has 2 N–H and O–H groups in total. The van der Waals surface area contributed by atoms with Crippen molar-refractivity contribution < 1.29 is 4.79 Å². The monoisotopic (exact) mass is 334 g/mol. The molecule has 1 aliphatic carbocycles. The van der Waals surface area contributed by atoms with Crippen LogP contribution in [-0.2, 0) is 6.42 Å². The van der Waals surface area contributed by atoms with E-state index in [0.29, 0.717) is 16.4 Å². The van der Waals surface area contributed by atoms with Gasteiger partial charge in [0.1, 0.15) is 5.82 Å². The highest BCUT2D eigenvalue weighted by Crippen LogP contribution is 2.38. The van der Waals surface area contributed by atoms with Crippen molar-refractivity contribution in [3.05, 3.63) is 26.7 Å². The molecule has 0 unspecified atom stereocenters. The Morgan fingerprint density at radius 1 is 1.35 bits per heavy atom. The molecule has 0 spiro atoms. The van der Waals surface area contributed by atoms with Gasteiger partial charge in [-0.25, -0.2) is 14.3 Å². The minimum absolute atomic E-state index is 0.0717. The molecule has 0 radical (unpaired) electrons. The number of anilines is 1. The molecule has 0 saturated heterocycles. The summed E-state index contributed by atoms with van der Waals surface area (Å²) in [6.07, 6.45) is 2.25. The molecule has 2 heterocycles. The van der Waals surface area contributed by atoms with Crippen LogP contribution in [0.2, 0.25) is 0 Å². The van der Waals surface area contributed by atoms with Gasteiger partial charge in [0, 0.05) is 13.0 Å². The number of H-pyrrole nitrogens is 1. The Kier molecular flexibility index (Phi) is 3.91. The van der Waals surface area contributed by atoms with Gasteiger partial charge < -0.3 is 10.3 Å². The number of aryl methyl sites for hydroxylation is 1. The van der Waals surface area contributed by atoms with Crippen molar-refractivity contribution in [2.24, 2.45) is 5.41 Å². The number of imidazole rings is 1.